The standard InChI is InChI=1S/C11H17Cl2N5/c1-16-5-4-11(18(15)17-7-14)8-2-3-9(12)10(13)6-8/h2-3,6-7,11,16H,4-5,15H2,1H3,(H2,14,17). The Kier molecular flexibility index (Phi) is 6.21. The Bertz CT molecular complexity index is 410. The van der Waals surface area contributed by atoms with E-state index in [4.69, 9.17) is 34.8 Å². The predicted molar refractivity (Wildman–Crippen MR) is 76.5 cm³/mol. The summed E-state index contributed by atoms with van der Waals surface area (Å²) in [5.41, 5.74) is 6.19. The Morgan fingerprint density at radius 3 is 2.72 bits per heavy atom. The number of hydrazine groups is 1. The van der Waals surface area contributed by atoms with Crippen molar-refractivity contribution in [2.24, 2.45) is 16.7 Å². The summed E-state index contributed by atoms with van der Waals surface area (Å²) >= 11 is 11.9. The molecule has 7 heteroatoms. The molecule has 0 bridgehead atoms. The lowest BCUT2D eigenvalue weighted by Gasteiger charge is -2.25. The molecule has 0 aromatic heterocycles. The van der Waals surface area contributed by atoms with Gasteiger partial charge in [-0.3, -0.25) is 0 Å². The SMILES string of the molecule is CNCCC(c1ccc(Cl)c(Cl)c1)N(N)/N=C\N. The highest BCUT2D eigenvalue weighted by Crippen LogP contribution is 2.29. The molecule has 0 amide bonds. The third-order valence-corrected chi connectivity index (χ3v) is 3.25. The van der Waals surface area contributed by atoms with Gasteiger partial charge in [0.1, 0.15) is 6.34 Å². The highest BCUT2D eigenvalue weighted by atomic mass is 35.5. The van der Waals surface area contributed by atoms with E-state index in [1.54, 1.807) is 12.1 Å². The van der Waals surface area contributed by atoms with E-state index in [0.717, 1.165) is 24.9 Å². The number of nitrogens with zero attached hydrogens (tertiary/aromatic N) is 2. The van der Waals surface area contributed by atoms with Crippen molar-refractivity contribution >= 4 is 29.5 Å². The molecule has 0 spiro atoms. The van der Waals surface area contributed by atoms with E-state index in [9.17, 15) is 0 Å². The highest BCUT2D eigenvalue weighted by Gasteiger charge is 2.17. The summed E-state index contributed by atoms with van der Waals surface area (Å²) in [6.07, 6.45) is 1.92. The van der Waals surface area contributed by atoms with Crippen LogP contribution in [0.4, 0.5) is 0 Å². The largest absolute Gasteiger partial charge is 0.388 e. The Hall–Kier alpha value is -1.01. The summed E-state index contributed by atoms with van der Waals surface area (Å²) in [5.74, 6) is 5.84. The highest BCUT2D eigenvalue weighted by molar-refractivity contribution is 6.42. The van der Waals surface area contributed by atoms with E-state index in [2.05, 4.69) is 10.4 Å². The number of nitrogens with one attached hydrogen (secondary N) is 1. The van der Waals surface area contributed by atoms with Crippen LogP contribution in [0.25, 0.3) is 0 Å². The number of nitrogens with two attached hydrogens (primary N) is 2. The molecule has 18 heavy (non-hydrogen) atoms. The molecule has 0 aliphatic carbocycles. The Morgan fingerprint density at radius 1 is 1.44 bits per heavy atom. The fourth-order valence-electron chi connectivity index (χ4n) is 1.61. The summed E-state index contributed by atoms with van der Waals surface area (Å²) in [7, 11) is 1.87. The molecule has 0 fully saturated rings. The molecule has 0 aliphatic heterocycles. The van der Waals surface area contributed by atoms with Crippen molar-refractivity contribution in [2.75, 3.05) is 13.6 Å². The fourth-order valence-corrected chi connectivity index (χ4v) is 1.92. The van der Waals surface area contributed by atoms with Crippen LogP contribution >= 0.6 is 23.2 Å². The van der Waals surface area contributed by atoms with Gasteiger partial charge in [-0.25, -0.2) is 11.0 Å². The summed E-state index contributed by atoms with van der Waals surface area (Å²) in [4.78, 5) is 0. The number of rotatable bonds is 6. The average Bonchev–Trinajstić information content (AvgIpc) is 2.34. The van der Waals surface area contributed by atoms with E-state index >= 15 is 0 Å². The Balaban J connectivity index is 2.96. The average molecular weight is 290 g/mol. The number of hydrogen-bond acceptors (Lipinski definition) is 4. The van der Waals surface area contributed by atoms with Crippen molar-refractivity contribution in [3.8, 4) is 0 Å². The van der Waals surface area contributed by atoms with Crippen LogP contribution in [0.15, 0.2) is 23.3 Å². The van der Waals surface area contributed by atoms with Gasteiger partial charge in [0.15, 0.2) is 0 Å². The maximum atomic E-state index is 6.00. The third-order valence-electron chi connectivity index (χ3n) is 2.52. The van der Waals surface area contributed by atoms with Crippen LogP contribution in [0.2, 0.25) is 10.0 Å². The zero-order valence-corrected chi connectivity index (χ0v) is 11.6. The first-order valence-electron chi connectivity index (χ1n) is 5.47. The van der Waals surface area contributed by atoms with Gasteiger partial charge in [0, 0.05) is 0 Å². The lowest BCUT2D eigenvalue weighted by molar-refractivity contribution is 0.201. The molecule has 1 unspecified atom stereocenters. The van der Waals surface area contributed by atoms with Crippen LogP contribution in [0, 0.1) is 0 Å². The summed E-state index contributed by atoms with van der Waals surface area (Å²) in [6.45, 7) is 0.790. The van der Waals surface area contributed by atoms with Gasteiger partial charge in [-0.05, 0) is 37.7 Å². The minimum absolute atomic E-state index is 0.119. The van der Waals surface area contributed by atoms with Crippen molar-refractivity contribution in [2.45, 2.75) is 12.5 Å². The van der Waals surface area contributed by atoms with Crippen LogP contribution in [0.1, 0.15) is 18.0 Å². The van der Waals surface area contributed by atoms with E-state index in [1.165, 1.54) is 5.12 Å². The first-order valence-corrected chi connectivity index (χ1v) is 6.23. The van der Waals surface area contributed by atoms with Crippen molar-refractivity contribution in [3.05, 3.63) is 33.8 Å². The lowest BCUT2D eigenvalue weighted by atomic mass is 10.0. The lowest BCUT2D eigenvalue weighted by Crippen LogP contribution is -2.32. The van der Waals surface area contributed by atoms with Crippen molar-refractivity contribution in [3.63, 3.8) is 0 Å². The van der Waals surface area contributed by atoms with Gasteiger partial charge in [0.25, 0.3) is 0 Å². The van der Waals surface area contributed by atoms with Crippen molar-refractivity contribution in [1.82, 2.24) is 10.4 Å². The summed E-state index contributed by atoms with van der Waals surface area (Å²) in [5, 5.41) is 9.26. The number of hydrazone groups is 1. The molecule has 1 aromatic rings. The second-order valence-electron chi connectivity index (χ2n) is 3.73. The van der Waals surface area contributed by atoms with Crippen molar-refractivity contribution < 1.29 is 0 Å². The zero-order valence-electron chi connectivity index (χ0n) is 10.1. The van der Waals surface area contributed by atoms with Gasteiger partial charge < -0.3 is 11.1 Å². The van der Waals surface area contributed by atoms with Crippen LogP contribution in [0.5, 0.6) is 0 Å². The van der Waals surface area contributed by atoms with Gasteiger partial charge in [-0.1, -0.05) is 29.3 Å². The molecule has 1 rings (SSSR count). The smallest absolute Gasteiger partial charge is 0.107 e. The maximum Gasteiger partial charge on any atom is 0.107 e. The molecule has 1 aromatic carbocycles. The minimum Gasteiger partial charge on any atom is -0.388 e. The molecule has 1 atom stereocenters. The first kappa shape index (κ1) is 15.0. The first-order chi connectivity index (χ1) is 8.60. The molecule has 0 radical (unpaired) electrons. The zero-order chi connectivity index (χ0) is 13.5. The second-order valence-corrected chi connectivity index (χ2v) is 4.54. The van der Waals surface area contributed by atoms with Crippen LogP contribution in [-0.2, 0) is 0 Å². The summed E-state index contributed by atoms with van der Waals surface area (Å²) in [6, 6.07) is 5.29. The molecular formula is C11H17Cl2N5. The topological polar surface area (TPSA) is 79.7 Å². The fraction of sp³-hybridized carbons (Fsp3) is 0.364. The van der Waals surface area contributed by atoms with Crippen LogP contribution in [-0.4, -0.2) is 25.0 Å². The van der Waals surface area contributed by atoms with Crippen LogP contribution in [0.3, 0.4) is 0 Å². The predicted octanol–water partition coefficient (Wildman–Crippen LogP) is 1.72. The Labute approximate surface area is 117 Å². The second kappa shape index (κ2) is 7.43. The summed E-state index contributed by atoms with van der Waals surface area (Å²) < 4.78 is 0. The van der Waals surface area contributed by atoms with E-state index in [-0.39, 0.29) is 6.04 Å². The van der Waals surface area contributed by atoms with Gasteiger partial charge >= 0.3 is 0 Å². The third kappa shape index (κ3) is 4.03. The molecule has 5 nitrogen and oxygen atoms in total. The quantitative estimate of drug-likeness (QED) is 0.322. The normalized spacial score (nSPS) is 12.9. The molecule has 0 saturated carbocycles. The molecule has 100 valence electrons. The Morgan fingerprint density at radius 2 is 2.17 bits per heavy atom. The minimum atomic E-state index is -0.119. The van der Waals surface area contributed by atoms with E-state index < -0.39 is 0 Å². The number of benzene rings is 1. The van der Waals surface area contributed by atoms with Gasteiger partial charge in [0.2, 0.25) is 0 Å². The van der Waals surface area contributed by atoms with E-state index in [0.29, 0.717) is 10.0 Å². The van der Waals surface area contributed by atoms with Gasteiger partial charge in [0.05, 0.1) is 16.1 Å². The van der Waals surface area contributed by atoms with Crippen LogP contribution < -0.4 is 16.9 Å². The van der Waals surface area contributed by atoms with E-state index in [1.807, 2.05) is 13.1 Å². The molecule has 0 aliphatic rings. The van der Waals surface area contributed by atoms with Gasteiger partial charge in [-0.15, -0.1) is 0 Å². The molecule has 5 N–H and O–H groups in total. The van der Waals surface area contributed by atoms with Crippen molar-refractivity contribution in [1.29, 1.82) is 0 Å². The number of halogens is 2. The monoisotopic (exact) mass is 289 g/mol. The van der Waals surface area contributed by atoms with Gasteiger partial charge in [-0.2, -0.15) is 5.10 Å². The molecular weight excluding hydrogens is 273 g/mol. The maximum absolute atomic E-state index is 6.00. The molecule has 0 saturated heterocycles. The molecule has 0 heterocycles. The number of hydrogen-bond donors (Lipinski definition) is 3.